The molecule has 3 heteroatoms. The zero-order valence-corrected chi connectivity index (χ0v) is 10.9. The van der Waals surface area contributed by atoms with Gasteiger partial charge in [0.05, 0.1) is 8.07 Å². The van der Waals surface area contributed by atoms with Crippen LogP contribution in [0.15, 0.2) is 29.2 Å². The molecule has 0 bridgehead atoms. The minimum atomic E-state index is -0.924. The summed E-state index contributed by atoms with van der Waals surface area (Å²) in [5.41, 5.74) is 0. The highest BCUT2D eigenvalue weighted by atomic mass is 35.5. The highest BCUT2D eigenvalue weighted by Gasteiger charge is 2.12. The highest BCUT2D eigenvalue weighted by molar-refractivity contribution is 8.01. The molecule has 1 aromatic rings. The fourth-order valence-electron chi connectivity index (χ4n) is 0.831. The Hall–Kier alpha value is 0.0769. The van der Waals surface area contributed by atoms with Crippen molar-refractivity contribution in [3.05, 3.63) is 29.3 Å². The molecule has 0 atom stereocenters. The van der Waals surface area contributed by atoms with Gasteiger partial charge in [-0.2, -0.15) is 0 Å². The molecule has 0 amide bonds. The van der Waals surface area contributed by atoms with Gasteiger partial charge >= 0.3 is 0 Å². The predicted octanol–water partition coefficient (Wildman–Crippen LogP) is 4.31. The zero-order valence-electron chi connectivity index (χ0n) is 8.30. The van der Waals surface area contributed by atoms with E-state index in [1.807, 2.05) is 23.9 Å². The Bertz CT molecular complexity index is 263. The van der Waals surface area contributed by atoms with Crippen molar-refractivity contribution in [2.24, 2.45) is 0 Å². The molecule has 0 heterocycles. The summed E-state index contributed by atoms with van der Waals surface area (Å²) in [6, 6.07) is 8.09. The van der Waals surface area contributed by atoms with Gasteiger partial charge in [-0.05, 0) is 29.6 Å². The third-order valence-corrected chi connectivity index (χ3v) is 6.38. The van der Waals surface area contributed by atoms with Crippen LogP contribution in [-0.2, 0) is 0 Å². The van der Waals surface area contributed by atoms with Crippen LogP contribution in [0, 0.1) is 0 Å². The van der Waals surface area contributed by atoms with Crippen LogP contribution >= 0.6 is 23.4 Å². The average Bonchev–Trinajstić information content (AvgIpc) is 2.02. The lowest BCUT2D eigenvalue weighted by Gasteiger charge is -2.14. The second-order valence-corrected chi connectivity index (χ2v) is 11.8. The first kappa shape index (κ1) is 11.2. The van der Waals surface area contributed by atoms with Gasteiger partial charge < -0.3 is 0 Å². The summed E-state index contributed by atoms with van der Waals surface area (Å²) in [5, 5.41) is 2.09. The van der Waals surface area contributed by atoms with Crippen molar-refractivity contribution in [3.63, 3.8) is 0 Å². The first-order valence-corrected chi connectivity index (χ1v) is 9.43. The summed E-state index contributed by atoms with van der Waals surface area (Å²) < 4.78 is 0. The van der Waals surface area contributed by atoms with E-state index >= 15 is 0 Å². The lowest BCUT2D eigenvalue weighted by atomic mass is 10.4. The minimum Gasteiger partial charge on any atom is -0.129 e. The molecule has 0 spiro atoms. The summed E-state index contributed by atoms with van der Waals surface area (Å²) in [7, 11) is -0.924. The van der Waals surface area contributed by atoms with E-state index in [0.717, 1.165) is 5.02 Å². The molecule has 13 heavy (non-hydrogen) atoms. The maximum Gasteiger partial charge on any atom is 0.0552 e. The van der Waals surface area contributed by atoms with Gasteiger partial charge in [-0.25, -0.2) is 0 Å². The smallest absolute Gasteiger partial charge is 0.0552 e. The Labute approximate surface area is 90.7 Å². The third-order valence-electron chi connectivity index (χ3n) is 1.49. The van der Waals surface area contributed by atoms with Gasteiger partial charge in [0, 0.05) is 9.92 Å². The molecule has 72 valence electrons. The van der Waals surface area contributed by atoms with Crippen LogP contribution in [0.5, 0.6) is 0 Å². The summed E-state index contributed by atoms with van der Waals surface area (Å²) in [6.07, 6.45) is 0. The highest BCUT2D eigenvalue weighted by Crippen LogP contribution is 2.23. The summed E-state index contributed by atoms with van der Waals surface area (Å²) in [6.45, 7) is 7.15. The van der Waals surface area contributed by atoms with Crippen LogP contribution in [0.1, 0.15) is 0 Å². The number of benzene rings is 1. The van der Waals surface area contributed by atoms with Crippen LogP contribution in [0.4, 0.5) is 0 Å². The molecular weight excluding hydrogens is 216 g/mol. The number of thioether (sulfide) groups is 1. The molecule has 0 aliphatic carbocycles. The lowest BCUT2D eigenvalue weighted by Crippen LogP contribution is -2.23. The topological polar surface area (TPSA) is 0 Å². The minimum absolute atomic E-state index is 0.817. The number of hydrogen-bond donors (Lipinski definition) is 0. The first-order chi connectivity index (χ1) is 5.97. The van der Waals surface area contributed by atoms with Crippen molar-refractivity contribution < 1.29 is 0 Å². The zero-order chi connectivity index (χ0) is 9.90. The van der Waals surface area contributed by atoms with Crippen molar-refractivity contribution in [1.29, 1.82) is 0 Å². The Morgan fingerprint density at radius 3 is 2.15 bits per heavy atom. The Morgan fingerprint density at radius 2 is 1.69 bits per heavy atom. The fourth-order valence-corrected chi connectivity index (χ4v) is 3.68. The van der Waals surface area contributed by atoms with Gasteiger partial charge in [-0.15, -0.1) is 11.8 Å². The van der Waals surface area contributed by atoms with Crippen LogP contribution in [0.2, 0.25) is 24.7 Å². The van der Waals surface area contributed by atoms with Gasteiger partial charge in [-0.1, -0.05) is 31.2 Å². The molecule has 1 aromatic carbocycles. The Morgan fingerprint density at radius 1 is 1.15 bits per heavy atom. The normalized spacial score (nSPS) is 11.7. The van der Waals surface area contributed by atoms with Crippen LogP contribution in [0.3, 0.4) is 0 Å². The van der Waals surface area contributed by atoms with Crippen LogP contribution < -0.4 is 0 Å². The SMILES string of the molecule is C[Si](C)(C)CSc1ccc(Cl)cc1. The number of halogens is 1. The van der Waals surface area contributed by atoms with E-state index in [9.17, 15) is 0 Å². The molecule has 0 radical (unpaired) electrons. The van der Waals surface area contributed by atoms with Gasteiger partial charge in [0.25, 0.3) is 0 Å². The molecule has 0 saturated carbocycles. The number of hydrogen-bond acceptors (Lipinski definition) is 1. The van der Waals surface area contributed by atoms with Crippen LogP contribution in [-0.4, -0.2) is 13.5 Å². The molecule has 0 aliphatic rings. The summed E-state index contributed by atoms with van der Waals surface area (Å²) in [4.78, 5) is 1.33. The van der Waals surface area contributed by atoms with E-state index in [1.165, 1.54) is 10.3 Å². The van der Waals surface area contributed by atoms with Crippen molar-refractivity contribution in [3.8, 4) is 0 Å². The first-order valence-electron chi connectivity index (χ1n) is 4.36. The molecule has 0 aromatic heterocycles. The predicted molar refractivity (Wildman–Crippen MR) is 65.5 cm³/mol. The quantitative estimate of drug-likeness (QED) is 0.551. The fraction of sp³-hybridized carbons (Fsp3) is 0.400. The maximum absolute atomic E-state index is 5.80. The van der Waals surface area contributed by atoms with Crippen molar-refractivity contribution in [2.75, 3.05) is 5.38 Å². The maximum atomic E-state index is 5.80. The Balaban J connectivity index is 2.51. The van der Waals surface area contributed by atoms with Gasteiger partial charge in [0.2, 0.25) is 0 Å². The van der Waals surface area contributed by atoms with E-state index < -0.39 is 8.07 Å². The molecule has 0 aliphatic heterocycles. The average molecular weight is 231 g/mol. The van der Waals surface area contributed by atoms with E-state index in [4.69, 9.17) is 11.6 Å². The summed E-state index contributed by atoms with van der Waals surface area (Å²) >= 11 is 7.74. The number of rotatable bonds is 3. The van der Waals surface area contributed by atoms with Crippen molar-refractivity contribution >= 4 is 31.4 Å². The standard InChI is InChI=1S/C10H15ClSSi/c1-13(2,3)8-12-10-6-4-9(11)5-7-10/h4-7H,8H2,1-3H3. The monoisotopic (exact) mass is 230 g/mol. The molecule has 0 fully saturated rings. The van der Waals surface area contributed by atoms with Crippen molar-refractivity contribution in [2.45, 2.75) is 24.5 Å². The van der Waals surface area contributed by atoms with Gasteiger partial charge in [0.1, 0.15) is 0 Å². The molecule has 0 unspecified atom stereocenters. The van der Waals surface area contributed by atoms with Crippen LogP contribution in [0.25, 0.3) is 0 Å². The van der Waals surface area contributed by atoms with E-state index in [0.29, 0.717) is 0 Å². The van der Waals surface area contributed by atoms with E-state index in [-0.39, 0.29) is 0 Å². The molecular formula is C10H15ClSSi. The molecule has 1 rings (SSSR count). The second kappa shape index (κ2) is 4.53. The lowest BCUT2D eigenvalue weighted by molar-refractivity contribution is 1.46. The summed E-state index contributed by atoms with van der Waals surface area (Å²) in [5.74, 6) is 0. The molecule has 0 nitrogen and oxygen atoms in total. The second-order valence-electron chi connectivity index (χ2n) is 4.30. The molecule has 0 N–H and O–H groups in total. The molecule has 0 saturated heterocycles. The Kier molecular flexibility index (Phi) is 3.89. The van der Waals surface area contributed by atoms with E-state index in [1.54, 1.807) is 0 Å². The van der Waals surface area contributed by atoms with Gasteiger partial charge in [0.15, 0.2) is 0 Å². The van der Waals surface area contributed by atoms with Crippen molar-refractivity contribution in [1.82, 2.24) is 0 Å². The third kappa shape index (κ3) is 4.74. The largest absolute Gasteiger partial charge is 0.129 e. The van der Waals surface area contributed by atoms with Gasteiger partial charge in [-0.3, -0.25) is 0 Å². The van der Waals surface area contributed by atoms with E-state index in [2.05, 4.69) is 31.8 Å².